The largest absolute Gasteiger partial charge is 0.383 e. The number of nitrogens with zero attached hydrogens (tertiary/aromatic N) is 1. The summed E-state index contributed by atoms with van der Waals surface area (Å²) in [5.41, 5.74) is 3.01. The highest BCUT2D eigenvalue weighted by molar-refractivity contribution is 7.07. The van der Waals surface area contributed by atoms with Crippen molar-refractivity contribution in [1.82, 2.24) is 10.3 Å². The molecule has 0 aromatic carbocycles. The fraction of sp³-hybridized carbons (Fsp3) is 0.750. The minimum Gasteiger partial charge on any atom is -0.383 e. The van der Waals surface area contributed by atoms with Crippen molar-refractivity contribution in [3.8, 4) is 0 Å². The number of ether oxygens (including phenoxy) is 1. The molecule has 3 nitrogen and oxygen atoms in total. The third kappa shape index (κ3) is 4.60. The minimum absolute atomic E-state index is 0.309. The molecule has 2 unspecified atom stereocenters. The number of nitrogens with one attached hydrogen (secondary N) is 1. The van der Waals surface area contributed by atoms with Crippen LogP contribution in [0.1, 0.15) is 44.8 Å². The highest BCUT2D eigenvalue weighted by Gasteiger charge is 2.13. The SMILES string of the molecule is CCCCC(COC)NC(C)c1cscn1. The topological polar surface area (TPSA) is 34.1 Å². The Morgan fingerprint density at radius 2 is 2.38 bits per heavy atom. The Morgan fingerprint density at radius 1 is 1.56 bits per heavy atom. The molecule has 0 saturated carbocycles. The van der Waals surface area contributed by atoms with E-state index in [-0.39, 0.29) is 0 Å². The van der Waals surface area contributed by atoms with E-state index in [4.69, 9.17) is 4.74 Å². The van der Waals surface area contributed by atoms with Gasteiger partial charge in [-0.2, -0.15) is 0 Å². The number of aromatic nitrogens is 1. The van der Waals surface area contributed by atoms with Crippen LogP contribution in [0.4, 0.5) is 0 Å². The van der Waals surface area contributed by atoms with E-state index in [1.165, 1.54) is 19.3 Å². The van der Waals surface area contributed by atoms with Crippen LogP contribution in [0.2, 0.25) is 0 Å². The van der Waals surface area contributed by atoms with Gasteiger partial charge in [-0.25, -0.2) is 4.98 Å². The molecule has 1 aromatic heterocycles. The number of thiazole rings is 1. The second kappa shape index (κ2) is 7.76. The zero-order valence-corrected chi connectivity index (χ0v) is 11.2. The normalized spacial score (nSPS) is 14.9. The summed E-state index contributed by atoms with van der Waals surface area (Å²) < 4.78 is 5.24. The number of unbranched alkanes of at least 4 members (excludes halogenated alkanes) is 1. The summed E-state index contributed by atoms with van der Waals surface area (Å²) in [5.74, 6) is 0. The summed E-state index contributed by atoms with van der Waals surface area (Å²) in [6.07, 6.45) is 3.64. The van der Waals surface area contributed by atoms with Crippen LogP contribution >= 0.6 is 11.3 Å². The molecular weight excluding hydrogens is 220 g/mol. The average molecular weight is 242 g/mol. The van der Waals surface area contributed by atoms with Gasteiger partial charge >= 0.3 is 0 Å². The first kappa shape index (κ1) is 13.6. The first-order valence-corrected chi connectivity index (χ1v) is 6.85. The lowest BCUT2D eigenvalue weighted by Gasteiger charge is -2.21. The quantitative estimate of drug-likeness (QED) is 0.761. The number of methoxy groups -OCH3 is 1. The van der Waals surface area contributed by atoms with Crippen LogP contribution < -0.4 is 5.32 Å². The standard InChI is InChI=1S/C12H22N2OS/c1-4-5-6-11(7-15-3)14-10(2)12-8-16-9-13-12/h8-11,14H,4-7H2,1-3H3. The number of hydrogen-bond donors (Lipinski definition) is 1. The molecule has 1 N–H and O–H groups in total. The lowest BCUT2D eigenvalue weighted by molar-refractivity contribution is 0.156. The lowest BCUT2D eigenvalue weighted by Crippen LogP contribution is -2.35. The van der Waals surface area contributed by atoms with E-state index < -0.39 is 0 Å². The van der Waals surface area contributed by atoms with Crippen molar-refractivity contribution in [2.45, 2.75) is 45.2 Å². The predicted octanol–water partition coefficient (Wildman–Crippen LogP) is 3.00. The van der Waals surface area contributed by atoms with Crippen molar-refractivity contribution in [2.24, 2.45) is 0 Å². The third-order valence-corrected chi connectivity index (χ3v) is 3.26. The molecule has 1 aromatic rings. The Hall–Kier alpha value is -0.450. The van der Waals surface area contributed by atoms with Crippen LogP contribution in [0.5, 0.6) is 0 Å². The van der Waals surface area contributed by atoms with Crippen molar-refractivity contribution in [3.05, 3.63) is 16.6 Å². The third-order valence-electron chi connectivity index (χ3n) is 2.65. The van der Waals surface area contributed by atoms with Gasteiger partial charge in [0, 0.05) is 24.6 Å². The molecule has 2 atom stereocenters. The van der Waals surface area contributed by atoms with Crippen molar-refractivity contribution in [2.75, 3.05) is 13.7 Å². The molecule has 0 aliphatic rings. The number of hydrogen-bond acceptors (Lipinski definition) is 4. The highest BCUT2D eigenvalue weighted by Crippen LogP contribution is 2.14. The van der Waals surface area contributed by atoms with Gasteiger partial charge in [-0.1, -0.05) is 19.8 Å². The lowest BCUT2D eigenvalue weighted by atomic mass is 10.1. The van der Waals surface area contributed by atoms with Gasteiger partial charge in [0.15, 0.2) is 0 Å². The Balaban J connectivity index is 2.40. The second-order valence-corrected chi connectivity index (χ2v) is 4.81. The van der Waals surface area contributed by atoms with Gasteiger partial charge in [-0.3, -0.25) is 0 Å². The van der Waals surface area contributed by atoms with Gasteiger partial charge in [0.2, 0.25) is 0 Å². The van der Waals surface area contributed by atoms with Crippen LogP contribution in [-0.2, 0) is 4.74 Å². The summed E-state index contributed by atoms with van der Waals surface area (Å²) >= 11 is 1.64. The van der Waals surface area contributed by atoms with Crippen LogP contribution in [0, 0.1) is 0 Å². The monoisotopic (exact) mass is 242 g/mol. The second-order valence-electron chi connectivity index (χ2n) is 4.10. The molecule has 0 spiro atoms. The van der Waals surface area contributed by atoms with E-state index in [2.05, 4.69) is 29.5 Å². The molecule has 0 fully saturated rings. The van der Waals surface area contributed by atoms with Crippen LogP contribution in [0.3, 0.4) is 0 Å². The van der Waals surface area contributed by atoms with Gasteiger partial charge in [0.1, 0.15) is 0 Å². The Morgan fingerprint density at radius 3 is 2.94 bits per heavy atom. The molecule has 0 bridgehead atoms. The Kier molecular flexibility index (Phi) is 6.61. The summed E-state index contributed by atoms with van der Waals surface area (Å²) in [5, 5.41) is 5.67. The molecule has 0 aliphatic heterocycles. The fourth-order valence-corrected chi connectivity index (χ4v) is 2.39. The van der Waals surface area contributed by atoms with Crippen LogP contribution in [0.15, 0.2) is 10.9 Å². The van der Waals surface area contributed by atoms with Crippen molar-refractivity contribution >= 4 is 11.3 Å². The summed E-state index contributed by atoms with van der Waals surface area (Å²) in [6, 6.07) is 0.741. The smallest absolute Gasteiger partial charge is 0.0795 e. The molecule has 92 valence electrons. The minimum atomic E-state index is 0.309. The predicted molar refractivity (Wildman–Crippen MR) is 68.9 cm³/mol. The van der Waals surface area contributed by atoms with E-state index in [9.17, 15) is 0 Å². The molecule has 1 heterocycles. The maximum Gasteiger partial charge on any atom is 0.0795 e. The van der Waals surface area contributed by atoms with Gasteiger partial charge in [0.25, 0.3) is 0 Å². The van der Waals surface area contributed by atoms with Crippen LogP contribution in [-0.4, -0.2) is 24.7 Å². The summed E-state index contributed by atoms with van der Waals surface area (Å²) in [4.78, 5) is 4.32. The molecule has 0 amide bonds. The Labute approximate surface area is 102 Å². The first-order valence-electron chi connectivity index (χ1n) is 5.91. The zero-order valence-electron chi connectivity index (χ0n) is 10.4. The number of rotatable bonds is 8. The van der Waals surface area contributed by atoms with Crippen molar-refractivity contribution < 1.29 is 4.74 Å². The van der Waals surface area contributed by atoms with E-state index in [1.54, 1.807) is 18.4 Å². The molecule has 16 heavy (non-hydrogen) atoms. The van der Waals surface area contributed by atoms with Gasteiger partial charge in [-0.15, -0.1) is 11.3 Å². The molecule has 4 heteroatoms. The molecule has 1 rings (SSSR count). The maximum absolute atomic E-state index is 5.24. The van der Waals surface area contributed by atoms with Crippen LogP contribution in [0.25, 0.3) is 0 Å². The molecular formula is C12H22N2OS. The van der Waals surface area contributed by atoms with E-state index >= 15 is 0 Å². The zero-order chi connectivity index (χ0) is 11.8. The summed E-state index contributed by atoms with van der Waals surface area (Å²) in [6.45, 7) is 5.14. The Bertz CT molecular complexity index is 264. The average Bonchev–Trinajstić information content (AvgIpc) is 2.79. The molecule has 0 radical (unpaired) electrons. The summed E-state index contributed by atoms with van der Waals surface area (Å²) in [7, 11) is 1.76. The molecule has 0 saturated heterocycles. The highest BCUT2D eigenvalue weighted by atomic mass is 32.1. The van der Waals surface area contributed by atoms with Gasteiger partial charge < -0.3 is 10.1 Å². The fourth-order valence-electron chi connectivity index (χ4n) is 1.74. The maximum atomic E-state index is 5.24. The first-order chi connectivity index (χ1) is 7.77. The van der Waals surface area contributed by atoms with Gasteiger partial charge in [-0.05, 0) is 13.3 Å². The van der Waals surface area contributed by atoms with Gasteiger partial charge in [0.05, 0.1) is 17.8 Å². The van der Waals surface area contributed by atoms with E-state index in [0.29, 0.717) is 12.1 Å². The molecule has 0 aliphatic carbocycles. The van der Waals surface area contributed by atoms with E-state index in [1.807, 2.05) is 5.51 Å². The van der Waals surface area contributed by atoms with Crippen molar-refractivity contribution in [3.63, 3.8) is 0 Å². The van der Waals surface area contributed by atoms with E-state index in [0.717, 1.165) is 12.3 Å². The van der Waals surface area contributed by atoms with Crippen molar-refractivity contribution in [1.29, 1.82) is 0 Å².